The third kappa shape index (κ3) is 4.51. The van der Waals surface area contributed by atoms with Crippen LogP contribution in [0.4, 0.5) is 5.69 Å². The quantitative estimate of drug-likeness (QED) is 0.583. The molecule has 24 heavy (non-hydrogen) atoms. The molecule has 1 heterocycles. The number of esters is 1. The SMILES string of the molecule is Cc1cccc(NC(=O)COC(=O)c2nc(Cl)c(Cl)c(Cl)c2Cl)c1. The maximum Gasteiger partial charge on any atom is 0.359 e. The summed E-state index contributed by atoms with van der Waals surface area (Å²) in [5.74, 6) is -1.46. The molecule has 1 aromatic carbocycles. The van der Waals surface area contributed by atoms with Crippen molar-refractivity contribution in [1.82, 2.24) is 4.98 Å². The van der Waals surface area contributed by atoms with E-state index in [1.807, 2.05) is 13.0 Å². The number of halogens is 4. The van der Waals surface area contributed by atoms with Crippen LogP contribution in [0.2, 0.25) is 20.2 Å². The van der Waals surface area contributed by atoms with Crippen molar-refractivity contribution in [3.63, 3.8) is 0 Å². The number of anilines is 1. The van der Waals surface area contributed by atoms with Gasteiger partial charge in [-0.1, -0.05) is 58.5 Å². The van der Waals surface area contributed by atoms with Gasteiger partial charge < -0.3 is 10.1 Å². The van der Waals surface area contributed by atoms with Crippen molar-refractivity contribution < 1.29 is 14.3 Å². The fourth-order valence-corrected chi connectivity index (χ4v) is 2.55. The number of aryl methyl sites for hydroxylation is 1. The number of aromatic nitrogens is 1. The number of pyridine rings is 1. The first-order valence-corrected chi connectivity index (χ1v) is 8.04. The van der Waals surface area contributed by atoms with Gasteiger partial charge in [-0.05, 0) is 24.6 Å². The van der Waals surface area contributed by atoms with Crippen LogP contribution in [-0.2, 0) is 9.53 Å². The molecule has 0 saturated carbocycles. The number of nitrogens with one attached hydrogen (secondary N) is 1. The van der Waals surface area contributed by atoms with Crippen LogP contribution in [0.15, 0.2) is 24.3 Å². The third-order valence-electron chi connectivity index (χ3n) is 2.81. The second-order valence-corrected chi connectivity index (χ2v) is 6.18. The van der Waals surface area contributed by atoms with Gasteiger partial charge in [-0.2, -0.15) is 0 Å². The van der Waals surface area contributed by atoms with Gasteiger partial charge in [0.15, 0.2) is 12.3 Å². The molecule has 2 rings (SSSR count). The molecule has 0 aliphatic heterocycles. The molecule has 0 radical (unpaired) electrons. The average Bonchev–Trinajstić information content (AvgIpc) is 2.54. The molecule has 0 atom stereocenters. The highest BCUT2D eigenvalue weighted by molar-refractivity contribution is 6.52. The van der Waals surface area contributed by atoms with E-state index >= 15 is 0 Å². The summed E-state index contributed by atoms with van der Waals surface area (Å²) in [7, 11) is 0. The highest BCUT2D eigenvalue weighted by Crippen LogP contribution is 2.36. The lowest BCUT2D eigenvalue weighted by molar-refractivity contribution is -0.119. The van der Waals surface area contributed by atoms with Gasteiger partial charge in [0.1, 0.15) is 5.15 Å². The molecule has 0 unspecified atom stereocenters. The van der Waals surface area contributed by atoms with Crippen LogP contribution < -0.4 is 5.32 Å². The molecule has 126 valence electrons. The van der Waals surface area contributed by atoms with Crippen LogP contribution in [0.25, 0.3) is 0 Å². The van der Waals surface area contributed by atoms with Gasteiger partial charge in [-0.25, -0.2) is 9.78 Å². The summed E-state index contributed by atoms with van der Waals surface area (Å²) in [6, 6.07) is 7.16. The second kappa shape index (κ2) is 8.03. The first-order valence-electron chi connectivity index (χ1n) is 6.53. The highest BCUT2D eigenvalue weighted by atomic mass is 35.5. The Kier molecular flexibility index (Phi) is 6.29. The number of nitrogens with zero attached hydrogens (tertiary/aromatic N) is 1. The molecule has 0 bridgehead atoms. The van der Waals surface area contributed by atoms with E-state index < -0.39 is 18.5 Å². The number of carbonyl (C=O) groups is 2. The molecular weight excluding hydrogens is 398 g/mol. The van der Waals surface area contributed by atoms with Crippen LogP contribution >= 0.6 is 46.4 Å². The van der Waals surface area contributed by atoms with E-state index in [0.29, 0.717) is 5.69 Å². The van der Waals surface area contributed by atoms with E-state index in [4.69, 9.17) is 51.1 Å². The van der Waals surface area contributed by atoms with Gasteiger partial charge >= 0.3 is 5.97 Å². The van der Waals surface area contributed by atoms with Crippen LogP contribution in [-0.4, -0.2) is 23.5 Å². The van der Waals surface area contributed by atoms with E-state index in [9.17, 15) is 9.59 Å². The molecule has 0 fully saturated rings. The van der Waals surface area contributed by atoms with E-state index in [1.165, 1.54) is 0 Å². The van der Waals surface area contributed by atoms with Gasteiger partial charge in [0.05, 0.1) is 15.1 Å². The van der Waals surface area contributed by atoms with Gasteiger partial charge in [0.2, 0.25) is 0 Å². The molecular formula is C15H10Cl4N2O3. The molecule has 1 aromatic heterocycles. The lowest BCUT2D eigenvalue weighted by Gasteiger charge is -2.09. The molecule has 0 aliphatic rings. The molecule has 0 aliphatic carbocycles. The maximum absolute atomic E-state index is 12.0. The van der Waals surface area contributed by atoms with Gasteiger partial charge in [0, 0.05) is 5.69 Å². The maximum atomic E-state index is 12.0. The smallest absolute Gasteiger partial charge is 0.359 e. The number of hydrogen-bond donors (Lipinski definition) is 1. The first kappa shape index (κ1) is 18.8. The summed E-state index contributed by atoms with van der Waals surface area (Å²) in [5.41, 5.74) is 1.25. The Balaban J connectivity index is 2.02. The fraction of sp³-hybridized carbons (Fsp3) is 0.133. The number of amides is 1. The zero-order valence-electron chi connectivity index (χ0n) is 12.2. The van der Waals surface area contributed by atoms with Crippen LogP contribution in [0.5, 0.6) is 0 Å². The Morgan fingerprint density at radius 1 is 1.12 bits per heavy atom. The molecule has 5 nitrogen and oxygen atoms in total. The van der Waals surface area contributed by atoms with Crippen molar-refractivity contribution in [1.29, 1.82) is 0 Å². The zero-order valence-corrected chi connectivity index (χ0v) is 15.2. The summed E-state index contributed by atoms with van der Waals surface area (Å²) in [6.07, 6.45) is 0. The predicted molar refractivity (Wildman–Crippen MR) is 94.4 cm³/mol. The molecule has 1 N–H and O–H groups in total. The van der Waals surface area contributed by atoms with Gasteiger partial charge in [-0.15, -0.1) is 0 Å². The minimum atomic E-state index is -0.945. The van der Waals surface area contributed by atoms with Crippen molar-refractivity contribution in [2.75, 3.05) is 11.9 Å². The molecule has 9 heteroatoms. The monoisotopic (exact) mass is 406 g/mol. The van der Waals surface area contributed by atoms with Gasteiger partial charge in [0.25, 0.3) is 5.91 Å². The largest absolute Gasteiger partial charge is 0.451 e. The normalized spacial score (nSPS) is 10.4. The van der Waals surface area contributed by atoms with Crippen molar-refractivity contribution in [3.05, 3.63) is 55.7 Å². The molecule has 2 aromatic rings. The fourth-order valence-electron chi connectivity index (χ4n) is 1.74. The standard InChI is InChI=1S/C15H10Cl4N2O3/c1-7-3-2-4-8(5-7)20-9(22)6-24-15(23)13-11(17)10(16)12(18)14(19)21-13/h2-5H,6H2,1H3,(H,20,22). The third-order valence-corrected chi connectivity index (χ3v) is 4.49. The topological polar surface area (TPSA) is 68.3 Å². The molecule has 1 amide bonds. The Bertz CT molecular complexity index is 812. The van der Waals surface area contributed by atoms with Crippen molar-refractivity contribution in [3.8, 4) is 0 Å². The Morgan fingerprint density at radius 2 is 1.83 bits per heavy atom. The Morgan fingerprint density at radius 3 is 2.50 bits per heavy atom. The van der Waals surface area contributed by atoms with E-state index in [-0.39, 0.29) is 25.9 Å². The predicted octanol–water partition coefficient (Wildman–Crippen LogP) is 4.80. The van der Waals surface area contributed by atoms with E-state index in [1.54, 1.807) is 18.2 Å². The van der Waals surface area contributed by atoms with Gasteiger partial charge in [-0.3, -0.25) is 4.79 Å². The van der Waals surface area contributed by atoms with Crippen LogP contribution in [0.1, 0.15) is 16.1 Å². The van der Waals surface area contributed by atoms with E-state index in [0.717, 1.165) is 5.56 Å². The summed E-state index contributed by atoms with van der Waals surface area (Å²) < 4.78 is 4.86. The van der Waals surface area contributed by atoms with Crippen LogP contribution in [0, 0.1) is 6.92 Å². The summed E-state index contributed by atoms with van der Waals surface area (Å²) in [4.78, 5) is 27.5. The molecule has 0 saturated heterocycles. The number of hydrogen-bond acceptors (Lipinski definition) is 4. The lowest BCUT2D eigenvalue weighted by atomic mass is 10.2. The average molecular weight is 408 g/mol. The summed E-state index contributed by atoms with van der Waals surface area (Å²) >= 11 is 23.2. The minimum Gasteiger partial charge on any atom is -0.451 e. The first-order chi connectivity index (χ1) is 11.3. The minimum absolute atomic E-state index is 0.0722. The Labute approximate surface area is 157 Å². The zero-order chi connectivity index (χ0) is 17.9. The van der Waals surface area contributed by atoms with Crippen molar-refractivity contribution >= 4 is 64.0 Å². The summed E-state index contributed by atoms with van der Waals surface area (Å²) in [5, 5.41) is 2.01. The van der Waals surface area contributed by atoms with Crippen molar-refractivity contribution in [2.24, 2.45) is 0 Å². The lowest BCUT2D eigenvalue weighted by Crippen LogP contribution is -2.21. The summed E-state index contributed by atoms with van der Waals surface area (Å²) in [6.45, 7) is 1.36. The molecule has 0 spiro atoms. The second-order valence-electron chi connectivity index (χ2n) is 4.69. The Hall–Kier alpha value is -1.53. The van der Waals surface area contributed by atoms with Crippen LogP contribution in [0.3, 0.4) is 0 Å². The number of carbonyl (C=O) groups excluding carboxylic acids is 2. The van der Waals surface area contributed by atoms with Crippen molar-refractivity contribution in [2.45, 2.75) is 6.92 Å². The highest BCUT2D eigenvalue weighted by Gasteiger charge is 2.22. The van der Waals surface area contributed by atoms with E-state index in [2.05, 4.69) is 10.3 Å². The number of benzene rings is 1. The number of rotatable bonds is 4. The number of ether oxygens (including phenoxy) is 1.